The van der Waals surface area contributed by atoms with E-state index in [0.29, 0.717) is 5.69 Å². The second-order valence-corrected chi connectivity index (χ2v) is 7.18. The Bertz CT molecular complexity index is 1110. The van der Waals surface area contributed by atoms with Gasteiger partial charge in [0.05, 0.1) is 22.6 Å². The summed E-state index contributed by atoms with van der Waals surface area (Å²) in [5, 5.41) is 3.27. The van der Waals surface area contributed by atoms with E-state index in [1.807, 2.05) is 6.92 Å². The number of aromatic nitrogens is 2. The number of nitrogens with zero attached hydrogens (tertiary/aromatic N) is 4. The van der Waals surface area contributed by atoms with Crippen LogP contribution in [-0.2, 0) is 0 Å². The van der Waals surface area contributed by atoms with Crippen molar-refractivity contribution in [1.29, 1.82) is 0 Å². The molecule has 3 aromatic rings. The number of anilines is 2. The lowest BCUT2D eigenvalue weighted by Crippen LogP contribution is -2.44. The number of benzene rings is 1. The molecule has 29 heavy (non-hydrogen) atoms. The predicted molar refractivity (Wildman–Crippen MR) is 111 cm³/mol. The van der Waals surface area contributed by atoms with Gasteiger partial charge in [0.2, 0.25) is 0 Å². The molecule has 1 saturated heterocycles. The molecule has 1 aliphatic heterocycles. The molecule has 0 aliphatic carbocycles. The summed E-state index contributed by atoms with van der Waals surface area (Å²) in [5.41, 5.74) is 15.2. The first-order chi connectivity index (χ1) is 13.8. The number of nitrogens with one attached hydrogen (secondary N) is 1. The van der Waals surface area contributed by atoms with Crippen molar-refractivity contribution in [3.8, 4) is 0 Å². The summed E-state index contributed by atoms with van der Waals surface area (Å²) in [6, 6.07) is 2.66. The Morgan fingerprint density at radius 1 is 1.14 bits per heavy atom. The van der Waals surface area contributed by atoms with Crippen molar-refractivity contribution in [2.75, 3.05) is 36.8 Å². The first kappa shape index (κ1) is 19.1. The minimum atomic E-state index is -0.553. The van der Waals surface area contributed by atoms with Gasteiger partial charge in [-0.05, 0) is 25.5 Å². The maximum absolute atomic E-state index is 15.0. The lowest BCUT2D eigenvalue weighted by atomic mass is 10.0. The van der Waals surface area contributed by atoms with Crippen LogP contribution >= 0.6 is 0 Å². The van der Waals surface area contributed by atoms with Crippen LogP contribution in [0.4, 0.5) is 25.8 Å². The lowest BCUT2D eigenvalue weighted by Gasteiger charge is -2.31. The standard InChI is InChI=1S/C20H23F2N7/c1-11-9-29-10-13(7-15(22)20(29)26-11)27-19(24)17-14(21)8-16(12(2)18(17)23)28-5-3-25-4-6-28/h7-10,25H,3-6,23H2,1-2H3,(H2,24,27). The third-order valence-electron chi connectivity index (χ3n) is 5.14. The number of amidine groups is 1. The van der Waals surface area contributed by atoms with Gasteiger partial charge in [0.25, 0.3) is 0 Å². The monoisotopic (exact) mass is 399 g/mol. The maximum atomic E-state index is 15.0. The molecule has 1 aromatic carbocycles. The molecular formula is C20H23F2N7. The first-order valence-electron chi connectivity index (χ1n) is 9.38. The minimum Gasteiger partial charge on any atom is -0.398 e. The fourth-order valence-corrected chi connectivity index (χ4v) is 3.67. The predicted octanol–water partition coefficient (Wildman–Crippen LogP) is 2.26. The van der Waals surface area contributed by atoms with Crippen LogP contribution in [0.1, 0.15) is 16.8 Å². The normalized spacial score (nSPS) is 15.3. The molecule has 0 bridgehead atoms. The topological polar surface area (TPSA) is 97.0 Å². The average molecular weight is 399 g/mol. The highest BCUT2D eigenvalue weighted by atomic mass is 19.1. The Kier molecular flexibility index (Phi) is 4.83. The molecule has 9 heteroatoms. The number of hydrogen-bond donors (Lipinski definition) is 3. The third kappa shape index (κ3) is 3.49. The van der Waals surface area contributed by atoms with E-state index in [1.165, 1.54) is 16.5 Å². The van der Waals surface area contributed by atoms with Crippen molar-refractivity contribution in [2.24, 2.45) is 10.7 Å². The largest absolute Gasteiger partial charge is 0.398 e. The number of imidazole rings is 1. The zero-order chi connectivity index (χ0) is 20.7. The quantitative estimate of drug-likeness (QED) is 0.357. The maximum Gasteiger partial charge on any atom is 0.173 e. The molecule has 2 aromatic heterocycles. The van der Waals surface area contributed by atoms with Crippen LogP contribution in [-0.4, -0.2) is 41.4 Å². The van der Waals surface area contributed by atoms with Gasteiger partial charge in [0.1, 0.15) is 11.7 Å². The van der Waals surface area contributed by atoms with Gasteiger partial charge < -0.3 is 26.1 Å². The molecule has 152 valence electrons. The van der Waals surface area contributed by atoms with Crippen LogP contribution in [0.2, 0.25) is 0 Å². The van der Waals surface area contributed by atoms with Crippen molar-refractivity contribution < 1.29 is 8.78 Å². The van der Waals surface area contributed by atoms with E-state index in [4.69, 9.17) is 11.5 Å². The molecular weight excluding hydrogens is 376 g/mol. The van der Waals surface area contributed by atoms with Crippen molar-refractivity contribution in [1.82, 2.24) is 14.7 Å². The second kappa shape index (κ2) is 7.32. The zero-order valence-corrected chi connectivity index (χ0v) is 16.3. The highest BCUT2D eigenvalue weighted by Gasteiger charge is 2.21. The van der Waals surface area contributed by atoms with Gasteiger partial charge >= 0.3 is 0 Å². The van der Waals surface area contributed by atoms with E-state index in [9.17, 15) is 8.78 Å². The number of hydrogen-bond acceptors (Lipinski definition) is 5. The van der Waals surface area contributed by atoms with Gasteiger partial charge in [-0.3, -0.25) is 0 Å². The number of nitrogen functional groups attached to an aromatic ring is 1. The molecule has 0 spiro atoms. The minimum absolute atomic E-state index is 0.0312. The number of piperazine rings is 1. The number of rotatable bonds is 3. The van der Waals surface area contributed by atoms with Crippen LogP contribution in [0, 0.1) is 25.5 Å². The van der Waals surface area contributed by atoms with E-state index >= 15 is 0 Å². The molecule has 0 saturated carbocycles. The highest BCUT2D eigenvalue weighted by molar-refractivity contribution is 6.04. The molecule has 7 nitrogen and oxygen atoms in total. The van der Waals surface area contributed by atoms with Crippen LogP contribution in [0.5, 0.6) is 0 Å². The van der Waals surface area contributed by atoms with Crippen LogP contribution in [0.25, 0.3) is 5.65 Å². The summed E-state index contributed by atoms with van der Waals surface area (Å²) < 4.78 is 30.8. The van der Waals surface area contributed by atoms with Gasteiger partial charge in [0.15, 0.2) is 11.5 Å². The Labute approximate surface area is 167 Å². The molecule has 0 amide bonds. The molecule has 1 fully saturated rings. The molecule has 0 radical (unpaired) electrons. The number of halogens is 2. The molecule has 5 N–H and O–H groups in total. The molecule has 3 heterocycles. The van der Waals surface area contributed by atoms with Crippen molar-refractivity contribution >= 4 is 28.5 Å². The van der Waals surface area contributed by atoms with E-state index in [2.05, 4.69) is 20.2 Å². The van der Waals surface area contributed by atoms with Gasteiger partial charge in [-0.1, -0.05) is 0 Å². The summed E-state index contributed by atoms with van der Waals surface area (Å²) in [7, 11) is 0. The zero-order valence-electron chi connectivity index (χ0n) is 16.3. The summed E-state index contributed by atoms with van der Waals surface area (Å²) in [4.78, 5) is 10.4. The Morgan fingerprint density at radius 2 is 1.86 bits per heavy atom. The number of pyridine rings is 1. The fraction of sp³-hybridized carbons (Fsp3) is 0.300. The number of aliphatic imine (C=N–C) groups is 1. The summed E-state index contributed by atoms with van der Waals surface area (Å²) in [6.45, 7) is 6.80. The number of aryl methyl sites for hydroxylation is 1. The van der Waals surface area contributed by atoms with Gasteiger partial charge in [-0.25, -0.2) is 18.8 Å². The van der Waals surface area contributed by atoms with E-state index < -0.39 is 11.6 Å². The van der Waals surface area contributed by atoms with Gasteiger partial charge in [-0.15, -0.1) is 0 Å². The lowest BCUT2D eigenvalue weighted by molar-refractivity contribution is 0.583. The Balaban J connectivity index is 1.75. The smallest absolute Gasteiger partial charge is 0.173 e. The highest BCUT2D eigenvalue weighted by Crippen LogP contribution is 2.31. The van der Waals surface area contributed by atoms with E-state index in [0.717, 1.165) is 37.4 Å². The van der Waals surface area contributed by atoms with Crippen LogP contribution in [0.3, 0.4) is 0 Å². The fourth-order valence-electron chi connectivity index (χ4n) is 3.67. The third-order valence-corrected chi connectivity index (χ3v) is 5.14. The van der Waals surface area contributed by atoms with Crippen molar-refractivity contribution in [3.05, 3.63) is 53.0 Å². The van der Waals surface area contributed by atoms with E-state index in [1.54, 1.807) is 19.3 Å². The molecule has 4 rings (SSSR count). The molecule has 1 aliphatic rings. The summed E-state index contributed by atoms with van der Waals surface area (Å²) >= 11 is 0. The Hall–Kier alpha value is -3.20. The van der Waals surface area contributed by atoms with Gasteiger partial charge in [-0.2, -0.15) is 0 Å². The van der Waals surface area contributed by atoms with E-state index in [-0.39, 0.29) is 28.4 Å². The first-order valence-corrected chi connectivity index (χ1v) is 9.38. The van der Waals surface area contributed by atoms with Crippen LogP contribution < -0.4 is 21.7 Å². The van der Waals surface area contributed by atoms with Crippen molar-refractivity contribution in [2.45, 2.75) is 13.8 Å². The average Bonchev–Trinajstić information content (AvgIpc) is 3.06. The summed E-state index contributed by atoms with van der Waals surface area (Å²) in [5.74, 6) is -1.20. The Morgan fingerprint density at radius 3 is 2.59 bits per heavy atom. The SMILES string of the molecule is Cc1cn2cc(N=C(N)c3c(F)cc(N4CCNCC4)c(C)c3N)cc(F)c2n1. The molecule has 0 atom stereocenters. The number of nitrogens with two attached hydrogens (primary N) is 2. The molecule has 0 unspecified atom stereocenters. The van der Waals surface area contributed by atoms with Gasteiger partial charge in [0, 0.05) is 50.3 Å². The summed E-state index contributed by atoms with van der Waals surface area (Å²) in [6.07, 6.45) is 3.26. The second-order valence-electron chi connectivity index (χ2n) is 7.18. The van der Waals surface area contributed by atoms with Crippen molar-refractivity contribution in [3.63, 3.8) is 0 Å². The number of fused-ring (bicyclic) bond motifs is 1. The van der Waals surface area contributed by atoms with Crippen LogP contribution in [0.15, 0.2) is 29.5 Å².